The molecule has 2 aromatic carbocycles. The molecule has 1 N–H and O–H groups in total. The smallest absolute Gasteiger partial charge is 0.270 e. The SMILES string of the molecule is CCOc1ccc(/C=C2/C(=O)NC(=S)N(c3ccccc3F)C2=O)cc1. The summed E-state index contributed by atoms with van der Waals surface area (Å²) in [5.74, 6) is -1.23. The molecule has 2 amide bonds. The fourth-order valence-electron chi connectivity index (χ4n) is 2.50. The third-order valence-electron chi connectivity index (χ3n) is 3.70. The molecule has 0 aliphatic carbocycles. The molecule has 132 valence electrons. The molecule has 1 aliphatic rings. The van der Waals surface area contributed by atoms with Crippen molar-refractivity contribution in [2.45, 2.75) is 6.92 Å². The Morgan fingerprint density at radius 1 is 1.15 bits per heavy atom. The number of carbonyl (C=O) groups excluding carboxylic acids is 2. The number of para-hydroxylation sites is 1. The molecule has 3 rings (SSSR count). The van der Waals surface area contributed by atoms with E-state index in [1.165, 1.54) is 24.3 Å². The maximum atomic E-state index is 14.1. The number of hydrogen-bond donors (Lipinski definition) is 1. The summed E-state index contributed by atoms with van der Waals surface area (Å²) in [7, 11) is 0. The van der Waals surface area contributed by atoms with Crippen molar-refractivity contribution in [1.82, 2.24) is 5.32 Å². The highest BCUT2D eigenvalue weighted by Crippen LogP contribution is 2.24. The van der Waals surface area contributed by atoms with Gasteiger partial charge >= 0.3 is 0 Å². The van der Waals surface area contributed by atoms with Crippen LogP contribution in [0.3, 0.4) is 0 Å². The molecule has 0 bridgehead atoms. The number of benzene rings is 2. The highest BCUT2D eigenvalue weighted by Gasteiger charge is 2.35. The number of ether oxygens (including phenoxy) is 1. The third-order valence-corrected chi connectivity index (χ3v) is 3.98. The Balaban J connectivity index is 1.96. The van der Waals surface area contributed by atoms with Gasteiger partial charge in [0.2, 0.25) is 0 Å². The lowest BCUT2D eigenvalue weighted by Gasteiger charge is -2.29. The van der Waals surface area contributed by atoms with E-state index in [4.69, 9.17) is 17.0 Å². The molecule has 7 heteroatoms. The van der Waals surface area contributed by atoms with Crippen molar-refractivity contribution in [3.05, 3.63) is 65.5 Å². The van der Waals surface area contributed by atoms with Crippen LogP contribution in [0.4, 0.5) is 10.1 Å². The Hall–Kier alpha value is -3.06. The van der Waals surface area contributed by atoms with Crippen LogP contribution in [0, 0.1) is 5.82 Å². The minimum atomic E-state index is -0.683. The summed E-state index contributed by atoms with van der Waals surface area (Å²) in [6.07, 6.45) is 1.43. The molecule has 1 aliphatic heterocycles. The summed E-state index contributed by atoms with van der Waals surface area (Å²) in [6.45, 7) is 2.41. The first-order valence-corrected chi connectivity index (χ1v) is 8.31. The Kier molecular flexibility index (Phi) is 5.09. The van der Waals surface area contributed by atoms with Gasteiger partial charge in [0.05, 0.1) is 12.3 Å². The highest BCUT2D eigenvalue weighted by atomic mass is 32.1. The molecule has 0 unspecified atom stereocenters. The Labute approximate surface area is 155 Å². The quantitative estimate of drug-likeness (QED) is 0.511. The number of thiocarbonyl (C=S) groups is 1. The molecule has 5 nitrogen and oxygen atoms in total. The maximum absolute atomic E-state index is 14.1. The van der Waals surface area contributed by atoms with E-state index >= 15 is 0 Å². The van der Waals surface area contributed by atoms with Crippen LogP contribution in [0.1, 0.15) is 12.5 Å². The van der Waals surface area contributed by atoms with Gasteiger partial charge in [-0.05, 0) is 55.0 Å². The summed E-state index contributed by atoms with van der Waals surface area (Å²) in [5, 5.41) is 2.27. The number of halogens is 1. The monoisotopic (exact) mass is 370 g/mol. The molecular formula is C19H15FN2O3S. The summed E-state index contributed by atoms with van der Waals surface area (Å²) in [5.41, 5.74) is 0.486. The van der Waals surface area contributed by atoms with Crippen LogP contribution in [-0.2, 0) is 9.59 Å². The van der Waals surface area contributed by atoms with Crippen molar-refractivity contribution in [3.8, 4) is 5.75 Å². The molecule has 0 spiro atoms. The zero-order valence-electron chi connectivity index (χ0n) is 13.9. The van der Waals surface area contributed by atoms with E-state index in [0.717, 1.165) is 4.90 Å². The molecule has 1 heterocycles. The molecular weight excluding hydrogens is 355 g/mol. The average Bonchev–Trinajstić information content (AvgIpc) is 2.62. The first kappa shape index (κ1) is 17.8. The molecule has 2 aromatic rings. The zero-order valence-corrected chi connectivity index (χ0v) is 14.7. The summed E-state index contributed by atoms with van der Waals surface area (Å²) < 4.78 is 19.5. The van der Waals surface area contributed by atoms with Gasteiger partial charge in [0.25, 0.3) is 11.8 Å². The van der Waals surface area contributed by atoms with Crippen molar-refractivity contribution < 1.29 is 18.7 Å². The minimum Gasteiger partial charge on any atom is -0.494 e. The second-order valence-corrected chi connectivity index (χ2v) is 5.80. The molecule has 1 fully saturated rings. The lowest BCUT2D eigenvalue weighted by molar-refractivity contribution is -0.122. The molecule has 26 heavy (non-hydrogen) atoms. The first-order chi connectivity index (χ1) is 12.5. The van der Waals surface area contributed by atoms with Gasteiger partial charge in [-0.3, -0.25) is 14.9 Å². The van der Waals surface area contributed by atoms with Gasteiger partial charge in [-0.25, -0.2) is 9.29 Å². The molecule has 1 saturated heterocycles. The van der Waals surface area contributed by atoms with Crippen LogP contribution >= 0.6 is 12.2 Å². The number of rotatable bonds is 4. The van der Waals surface area contributed by atoms with Gasteiger partial charge in [-0.15, -0.1) is 0 Å². The molecule has 0 radical (unpaired) electrons. The number of hydrogen-bond acceptors (Lipinski definition) is 4. The lowest BCUT2D eigenvalue weighted by atomic mass is 10.1. The highest BCUT2D eigenvalue weighted by molar-refractivity contribution is 7.80. The summed E-state index contributed by atoms with van der Waals surface area (Å²) in [6, 6.07) is 12.6. The Bertz CT molecular complexity index is 909. The van der Waals surface area contributed by atoms with Gasteiger partial charge in [-0.1, -0.05) is 24.3 Å². The minimum absolute atomic E-state index is 0.0138. The van der Waals surface area contributed by atoms with Crippen molar-refractivity contribution >= 4 is 40.9 Å². The van der Waals surface area contributed by atoms with E-state index < -0.39 is 17.6 Å². The number of nitrogens with zero attached hydrogens (tertiary/aromatic N) is 1. The van der Waals surface area contributed by atoms with Gasteiger partial charge < -0.3 is 4.74 Å². The predicted octanol–water partition coefficient (Wildman–Crippen LogP) is 3.06. The van der Waals surface area contributed by atoms with Crippen molar-refractivity contribution in [2.75, 3.05) is 11.5 Å². The van der Waals surface area contributed by atoms with Crippen LogP contribution in [0.25, 0.3) is 6.08 Å². The van der Waals surface area contributed by atoms with E-state index in [1.54, 1.807) is 30.3 Å². The van der Waals surface area contributed by atoms with Crippen LogP contribution in [0.2, 0.25) is 0 Å². The van der Waals surface area contributed by atoms with Gasteiger partial charge in [0, 0.05) is 0 Å². The largest absolute Gasteiger partial charge is 0.494 e. The van der Waals surface area contributed by atoms with Crippen molar-refractivity contribution in [1.29, 1.82) is 0 Å². The van der Waals surface area contributed by atoms with Crippen molar-refractivity contribution in [2.24, 2.45) is 0 Å². The first-order valence-electron chi connectivity index (χ1n) is 7.90. The number of amides is 2. The molecule has 0 atom stereocenters. The lowest BCUT2D eigenvalue weighted by Crippen LogP contribution is -2.54. The summed E-state index contributed by atoms with van der Waals surface area (Å²) >= 11 is 5.05. The Morgan fingerprint density at radius 3 is 2.50 bits per heavy atom. The van der Waals surface area contributed by atoms with E-state index in [-0.39, 0.29) is 16.4 Å². The number of carbonyl (C=O) groups is 2. The van der Waals surface area contributed by atoms with Gasteiger partial charge in [-0.2, -0.15) is 0 Å². The number of anilines is 1. The zero-order chi connectivity index (χ0) is 18.7. The molecule has 0 saturated carbocycles. The van der Waals surface area contributed by atoms with E-state index in [2.05, 4.69) is 5.32 Å². The van der Waals surface area contributed by atoms with Crippen molar-refractivity contribution in [3.63, 3.8) is 0 Å². The number of nitrogens with one attached hydrogen (secondary N) is 1. The second kappa shape index (κ2) is 7.45. The van der Waals surface area contributed by atoms with Crippen LogP contribution in [-0.4, -0.2) is 23.5 Å². The van der Waals surface area contributed by atoms with Crippen LogP contribution in [0.5, 0.6) is 5.75 Å². The average molecular weight is 370 g/mol. The standard InChI is InChI=1S/C19H15FN2O3S/c1-2-25-13-9-7-12(8-10-13)11-14-17(23)21-19(26)22(18(14)24)16-6-4-3-5-15(16)20/h3-11H,2H2,1H3,(H,21,23,26)/b14-11-. The fraction of sp³-hybridized carbons (Fsp3) is 0.105. The van der Waals surface area contributed by atoms with Crippen LogP contribution in [0.15, 0.2) is 54.1 Å². The van der Waals surface area contributed by atoms with Crippen LogP contribution < -0.4 is 15.0 Å². The fourth-order valence-corrected chi connectivity index (χ4v) is 2.78. The second-order valence-electron chi connectivity index (χ2n) is 5.41. The van der Waals surface area contributed by atoms with E-state index in [1.807, 2.05) is 6.92 Å². The maximum Gasteiger partial charge on any atom is 0.270 e. The third kappa shape index (κ3) is 3.48. The predicted molar refractivity (Wildman–Crippen MR) is 100 cm³/mol. The van der Waals surface area contributed by atoms with E-state index in [0.29, 0.717) is 17.9 Å². The molecule has 0 aromatic heterocycles. The van der Waals surface area contributed by atoms with Gasteiger partial charge in [0.15, 0.2) is 5.11 Å². The summed E-state index contributed by atoms with van der Waals surface area (Å²) in [4.78, 5) is 26.0. The van der Waals surface area contributed by atoms with Gasteiger partial charge in [0.1, 0.15) is 17.1 Å². The Morgan fingerprint density at radius 2 is 1.85 bits per heavy atom. The van der Waals surface area contributed by atoms with E-state index in [9.17, 15) is 14.0 Å². The topological polar surface area (TPSA) is 58.6 Å². The normalized spacial score (nSPS) is 16.0.